The van der Waals surface area contributed by atoms with Crippen molar-refractivity contribution in [2.24, 2.45) is 5.92 Å². The van der Waals surface area contributed by atoms with Crippen LogP contribution in [0, 0.1) is 5.92 Å². The lowest BCUT2D eigenvalue weighted by molar-refractivity contribution is 0.0948. The van der Waals surface area contributed by atoms with E-state index in [1.54, 1.807) is 4.90 Å². The first-order valence-electron chi connectivity index (χ1n) is 6.71. The maximum atomic E-state index is 12.1. The topological polar surface area (TPSA) is 35.6 Å². The summed E-state index contributed by atoms with van der Waals surface area (Å²) in [6, 6.07) is 1.72. The summed E-state index contributed by atoms with van der Waals surface area (Å²) < 4.78 is 0. The number of urea groups is 1. The third kappa shape index (κ3) is 2.28. The largest absolute Gasteiger partial charge is 0.331 e. The molecule has 2 amide bonds. The molecule has 2 aliphatic heterocycles. The van der Waals surface area contributed by atoms with Crippen LogP contribution in [-0.2, 0) is 0 Å². The highest BCUT2D eigenvalue weighted by Crippen LogP contribution is 2.40. The molecule has 2 saturated heterocycles. The summed E-state index contributed by atoms with van der Waals surface area (Å²) in [5, 5.41) is 3.36. The summed E-state index contributed by atoms with van der Waals surface area (Å²) in [5.74, 6) is 0.726. The van der Waals surface area contributed by atoms with Crippen LogP contribution in [0.3, 0.4) is 0 Å². The maximum absolute atomic E-state index is 12.1. The Kier molecular flexibility index (Phi) is 3.61. The number of piperidine rings is 1. The molecular formula is C13H25N3O. The van der Waals surface area contributed by atoms with Gasteiger partial charge >= 0.3 is 6.03 Å². The van der Waals surface area contributed by atoms with Crippen LogP contribution in [0.1, 0.15) is 32.6 Å². The van der Waals surface area contributed by atoms with Crippen LogP contribution >= 0.6 is 0 Å². The van der Waals surface area contributed by atoms with E-state index in [1.807, 2.05) is 21.1 Å². The number of hydrogen-bond acceptors (Lipinski definition) is 2. The van der Waals surface area contributed by atoms with Crippen molar-refractivity contribution < 1.29 is 4.79 Å². The van der Waals surface area contributed by atoms with Crippen LogP contribution in [0.15, 0.2) is 0 Å². The van der Waals surface area contributed by atoms with Gasteiger partial charge in [0.1, 0.15) is 0 Å². The normalized spacial score (nSPS) is 33.6. The molecule has 4 heteroatoms. The number of amides is 2. The molecule has 0 spiro atoms. The molecule has 0 aromatic heterocycles. The minimum atomic E-state index is 0.202. The highest BCUT2D eigenvalue weighted by atomic mass is 16.2. The monoisotopic (exact) mass is 239 g/mol. The Morgan fingerprint density at radius 3 is 2.24 bits per heavy atom. The first-order valence-corrected chi connectivity index (χ1v) is 6.71. The maximum Gasteiger partial charge on any atom is 0.319 e. The van der Waals surface area contributed by atoms with Gasteiger partial charge in [-0.15, -0.1) is 0 Å². The van der Waals surface area contributed by atoms with E-state index in [-0.39, 0.29) is 6.03 Å². The van der Waals surface area contributed by atoms with Gasteiger partial charge in [-0.25, -0.2) is 4.79 Å². The number of rotatable bonds is 2. The molecular weight excluding hydrogens is 214 g/mol. The van der Waals surface area contributed by atoms with Crippen LogP contribution in [0.25, 0.3) is 0 Å². The first-order chi connectivity index (χ1) is 8.04. The molecule has 0 aromatic carbocycles. The van der Waals surface area contributed by atoms with E-state index >= 15 is 0 Å². The molecule has 0 aromatic rings. The summed E-state index contributed by atoms with van der Waals surface area (Å²) >= 11 is 0. The Morgan fingerprint density at radius 2 is 1.82 bits per heavy atom. The summed E-state index contributed by atoms with van der Waals surface area (Å²) in [6.07, 6.45) is 4.71. The van der Waals surface area contributed by atoms with Gasteiger partial charge in [-0.05, 0) is 45.6 Å². The smallest absolute Gasteiger partial charge is 0.319 e. The molecule has 1 N–H and O–H groups in total. The summed E-state index contributed by atoms with van der Waals surface area (Å²) in [6.45, 7) is 2.26. The zero-order valence-electron chi connectivity index (χ0n) is 11.4. The van der Waals surface area contributed by atoms with Crippen molar-refractivity contribution in [1.82, 2.24) is 15.1 Å². The molecule has 2 bridgehead atoms. The van der Waals surface area contributed by atoms with E-state index < -0.39 is 0 Å². The fourth-order valence-electron chi connectivity index (χ4n) is 3.41. The lowest BCUT2D eigenvalue weighted by Gasteiger charge is -2.41. The molecule has 0 saturated carbocycles. The van der Waals surface area contributed by atoms with Crippen molar-refractivity contribution in [1.29, 1.82) is 0 Å². The summed E-state index contributed by atoms with van der Waals surface area (Å²) in [7, 11) is 5.73. The Bertz CT molecular complexity index is 278. The van der Waals surface area contributed by atoms with Gasteiger partial charge in [0.2, 0.25) is 0 Å². The number of fused-ring (bicyclic) bond motifs is 2. The van der Waals surface area contributed by atoms with Crippen molar-refractivity contribution in [2.45, 2.75) is 50.7 Å². The predicted octanol–water partition coefficient (Wildman–Crippen LogP) is 1.52. The van der Waals surface area contributed by atoms with Crippen molar-refractivity contribution in [3.8, 4) is 0 Å². The third-order valence-corrected chi connectivity index (χ3v) is 4.54. The predicted molar refractivity (Wildman–Crippen MR) is 69.0 cm³/mol. The van der Waals surface area contributed by atoms with Gasteiger partial charge in [-0.1, -0.05) is 0 Å². The van der Waals surface area contributed by atoms with Gasteiger partial charge in [0.15, 0.2) is 0 Å². The molecule has 4 nitrogen and oxygen atoms in total. The number of carbonyl (C=O) groups is 1. The highest BCUT2D eigenvalue weighted by Gasteiger charge is 2.44. The highest BCUT2D eigenvalue weighted by molar-refractivity contribution is 5.75. The number of nitrogens with one attached hydrogen (secondary N) is 1. The van der Waals surface area contributed by atoms with Crippen molar-refractivity contribution in [2.75, 3.05) is 21.1 Å². The Balaban J connectivity index is 2.05. The second-order valence-corrected chi connectivity index (χ2v) is 5.78. The Morgan fingerprint density at radius 1 is 1.29 bits per heavy atom. The van der Waals surface area contributed by atoms with Gasteiger partial charge < -0.3 is 15.1 Å². The van der Waals surface area contributed by atoms with E-state index in [9.17, 15) is 4.79 Å². The zero-order valence-corrected chi connectivity index (χ0v) is 11.4. The van der Waals surface area contributed by atoms with E-state index in [4.69, 9.17) is 0 Å². The average molecular weight is 239 g/mol. The fraction of sp³-hybridized carbons (Fsp3) is 0.923. The molecule has 2 heterocycles. The second-order valence-electron chi connectivity index (χ2n) is 5.78. The standard InChI is InChI=1S/C13H25N3O/c1-9(14-2)10-7-11-5-6-12(8-10)16(11)13(17)15(3)4/h9-12,14H,5-8H2,1-4H3/t9-,10?,11?,12?/m1/s1. The molecule has 2 aliphatic rings. The molecule has 0 aliphatic carbocycles. The minimum Gasteiger partial charge on any atom is -0.331 e. The quantitative estimate of drug-likeness (QED) is 0.793. The average Bonchev–Trinajstić information content (AvgIpc) is 2.57. The lowest BCUT2D eigenvalue weighted by atomic mass is 9.86. The van der Waals surface area contributed by atoms with Gasteiger partial charge in [0, 0.05) is 32.2 Å². The van der Waals surface area contributed by atoms with Crippen LogP contribution in [0.2, 0.25) is 0 Å². The van der Waals surface area contributed by atoms with Crippen LogP contribution in [-0.4, -0.2) is 55.1 Å². The molecule has 0 radical (unpaired) electrons. The first kappa shape index (κ1) is 12.7. The number of carbonyl (C=O) groups excluding carboxylic acids is 1. The van der Waals surface area contributed by atoms with Gasteiger partial charge in [0.05, 0.1) is 0 Å². The molecule has 17 heavy (non-hydrogen) atoms. The van der Waals surface area contributed by atoms with Crippen LogP contribution < -0.4 is 5.32 Å². The fourth-order valence-corrected chi connectivity index (χ4v) is 3.41. The van der Waals surface area contributed by atoms with Crippen LogP contribution in [0.5, 0.6) is 0 Å². The molecule has 3 atom stereocenters. The van der Waals surface area contributed by atoms with Crippen molar-refractivity contribution in [3.05, 3.63) is 0 Å². The van der Waals surface area contributed by atoms with Crippen molar-refractivity contribution in [3.63, 3.8) is 0 Å². The Hall–Kier alpha value is -0.770. The molecule has 2 unspecified atom stereocenters. The van der Waals surface area contributed by atoms with Crippen LogP contribution in [0.4, 0.5) is 4.79 Å². The minimum absolute atomic E-state index is 0.202. The summed E-state index contributed by atoms with van der Waals surface area (Å²) in [4.78, 5) is 16.0. The van der Waals surface area contributed by atoms with Gasteiger partial charge in [0.25, 0.3) is 0 Å². The SMILES string of the molecule is CN[C@H](C)C1CC2CCC(C1)N2C(=O)N(C)C. The van der Waals surface area contributed by atoms with Gasteiger partial charge in [-0.3, -0.25) is 0 Å². The van der Waals surface area contributed by atoms with E-state index in [0.29, 0.717) is 18.1 Å². The molecule has 2 rings (SSSR count). The lowest BCUT2D eigenvalue weighted by Crippen LogP contribution is -2.52. The second kappa shape index (κ2) is 4.84. The van der Waals surface area contributed by atoms with E-state index in [1.165, 1.54) is 12.8 Å². The van der Waals surface area contributed by atoms with E-state index in [0.717, 1.165) is 18.8 Å². The Labute approximate surface area is 104 Å². The molecule has 2 fully saturated rings. The summed E-state index contributed by atoms with van der Waals surface area (Å²) in [5.41, 5.74) is 0. The van der Waals surface area contributed by atoms with E-state index in [2.05, 4.69) is 17.1 Å². The number of nitrogens with zero attached hydrogens (tertiary/aromatic N) is 2. The third-order valence-electron chi connectivity index (χ3n) is 4.54. The number of hydrogen-bond donors (Lipinski definition) is 1. The van der Waals surface area contributed by atoms with Crippen molar-refractivity contribution >= 4 is 6.03 Å². The molecule has 98 valence electrons. The van der Waals surface area contributed by atoms with Gasteiger partial charge in [-0.2, -0.15) is 0 Å². The zero-order chi connectivity index (χ0) is 12.6.